The fourth-order valence-corrected chi connectivity index (χ4v) is 4.88. The maximum atomic E-state index is 13.1. The fraction of sp³-hybridized carbons (Fsp3) is 0.259. The first-order valence-corrected chi connectivity index (χ1v) is 12.5. The second-order valence-corrected chi connectivity index (χ2v) is 9.01. The van der Waals surface area contributed by atoms with Crippen molar-refractivity contribution in [3.8, 4) is 23.1 Å². The fourth-order valence-electron chi connectivity index (χ4n) is 3.69. The molecule has 3 aromatic rings. The molecule has 11 nitrogen and oxygen atoms in total. The lowest BCUT2D eigenvalue weighted by Gasteiger charge is -2.05. The summed E-state index contributed by atoms with van der Waals surface area (Å²) in [6, 6.07) is 9.04. The van der Waals surface area contributed by atoms with Crippen molar-refractivity contribution in [2.75, 3.05) is 20.3 Å². The van der Waals surface area contributed by atoms with E-state index < -0.39 is 22.6 Å². The molecule has 0 bridgehead atoms. The number of furan rings is 1. The molecule has 0 aliphatic rings. The molecule has 2 heterocycles. The van der Waals surface area contributed by atoms with Crippen molar-refractivity contribution < 1.29 is 37.9 Å². The van der Waals surface area contributed by atoms with Crippen LogP contribution >= 0.6 is 11.3 Å². The lowest BCUT2D eigenvalue weighted by atomic mass is 10.0. The van der Waals surface area contributed by atoms with Crippen LogP contribution in [0.4, 0.5) is 5.69 Å². The Morgan fingerprint density at radius 1 is 1.13 bits per heavy atom. The second kappa shape index (κ2) is 12.7. The Balaban J connectivity index is 1.94. The van der Waals surface area contributed by atoms with Crippen LogP contribution in [-0.4, -0.2) is 43.0 Å². The normalized spacial score (nSPS) is 11.0. The van der Waals surface area contributed by atoms with Gasteiger partial charge in [-0.3, -0.25) is 14.9 Å². The van der Waals surface area contributed by atoms with Gasteiger partial charge in [0.05, 0.1) is 48.0 Å². The molecule has 202 valence electrons. The number of hydrogen-bond acceptors (Lipinski definition) is 11. The molecule has 0 radical (unpaired) electrons. The highest BCUT2D eigenvalue weighted by atomic mass is 32.1. The van der Waals surface area contributed by atoms with Gasteiger partial charge in [0.1, 0.15) is 28.2 Å². The summed E-state index contributed by atoms with van der Waals surface area (Å²) in [4.78, 5) is 49.5. The molecule has 0 aliphatic heterocycles. The molecule has 0 saturated carbocycles. The Kier molecular flexibility index (Phi) is 9.35. The lowest BCUT2D eigenvalue weighted by molar-refractivity contribution is -0.384. The van der Waals surface area contributed by atoms with Crippen LogP contribution in [0.2, 0.25) is 0 Å². The number of benzene rings is 1. The zero-order chi connectivity index (χ0) is 28.7. The van der Waals surface area contributed by atoms with Crippen LogP contribution in [0.3, 0.4) is 0 Å². The number of nitriles is 1. The number of esters is 2. The second-order valence-electron chi connectivity index (χ2n) is 7.91. The summed E-state index contributed by atoms with van der Waals surface area (Å²) in [5, 5.41) is 21.2. The molecule has 0 atom stereocenters. The van der Waals surface area contributed by atoms with Crippen molar-refractivity contribution in [3.63, 3.8) is 0 Å². The van der Waals surface area contributed by atoms with E-state index in [1.807, 2.05) is 6.07 Å². The molecule has 2 aromatic heterocycles. The van der Waals surface area contributed by atoms with E-state index in [9.17, 15) is 29.8 Å². The third kappa shape index (κ3) is 6.39. The molecular formula is C27H24N2O9S. The number of Topliss-reactive ketones (excluding diaryl/α,β-unsaturated/α-hetero) is 1. The van der Waals surface area contributed by atoms with Crippen molar-refractivity contribution in [2.24, 2.45) is 0 Å². The summed E-state index contributed by atoms with van der Waals surface area (Å²) in [5.41, 5.74) is 0.0814. The predicted octanol–water partition coefficient (Wildman–Crippen LogP) is 5.31. The molecule has 3 rings (SSSR count). The molecule has 0 N–H and O–H groups in total. The number of allylic oxidation sites excluding steroid dienone is 1. The van der Waals surface area contributed by atoms with Crippen LogP contribution in [0.15, 0.2) is 40.3 Å². The van der Waals surface area contributed by atoms with Crippen molar-refractivity contribution in [2.45, 2.75) is 27.2 Å². The summed E-state index contributed by atoms with van der Waals surface area (Å²) in [6.07, 6.45) is 0.855. The number of nitro benzene ring substituents is 1. The monoisotopic (exact) mass is 552 g/mol. The molecule has 0 aliphatic carbocycles. The van der Waals surface area contributed by atoms with Crippen molar-refractivity contribution in [1.82, 2.24) is 0 Å². The van der Waals surface area contributed by atoms with E-state index in [2.05, 4.69) is 0 Å². The van der Waals surface area contributed by atoms with Gasteiger partial charge in [-0.05, 0) is 50.6 Å². The van der Waals surface area contributed by atoms with Crippen LogP contribution in [0, 0.1) is 28.4 Å². The van der Waals surface area contributed by atoms with Gasteiger partial charge in [-0.2, -0.15) is 5.26 Å². The quantitative estimate of drug-likeness (QED) is 0.100. The lowest BCUT2D eigenvalue weighted by Crippen LogP contribution is -2.12. The molecule has 0 saturated heterocycles. The van der Waals surface area contributed by atoms with E-state index in [0.29, 0.717) is 11.3 Å². The number of nitrogens with zero attached hydrogens (tertiary/aromatic N) is 2. The number of carbonyl (C=O) groups excluding carboxylic acids is 3. The Hall–Kier alpha value is -4.76. The largest absolute Gasteiger partial charge is 0.497 e. The highest BCUT2D eigenvalue weighted by molar-refractivity contribution is 7.14. The Labute approximate surface area is 227 Å². The highest BCUT2D eigenvalue weighted by Crippen LogP contribution is 2.35. The van der Waals surface area contributed by atoms with Gasteiger partial charge in [0, 0.05) is 17.4 Å². The average molecular weight is 553 g/mol. The zero-order valence-corrected chi connectivity index (χ0v) is 22.4. The predicted molar refractivity (Wildman–Crippen MR) is 141 cm³/mol. The van der Waals surface area contributed by atoms with E-state index >= 15 is 0 Å². The Morgan fingerprint density at radius 3 is 2.44 bits per heavy atom. The average Bonchev–Trinajstić information content (AvgIpc) is 3.51. The number of ketones is 1. The number of nitro groups is 1. The van der Waals surface area contributed by atoms with Crippen LogP contribution in [0.5, 0.6) is 5.75 Å². The standard InChI is InChI=1S/C27H24N2O9S/c1-5-36-26(31)24-15(3)25(27(32)37-6-2)39-23(24)13-21(30)16(14-28)11-18-8-10-22(38-18)19-9-7-17(35-4)12-20(19)29(33)34/h7-12H,5-6,13H2,1-4H3. The van der Waals surface area contributed by atoms with E-state index in [1.54, 1.807) is 26.8 Å². The van der Waals surface area contributed by atoms with E-state index in [-0.39, 0.29) is 63.3 Å². The summed E-state index contributed by atoms with van der Waals surface area (Å²) in [6.45, 7) is 5.06. The topological polar surface area (TPSA) is 159 Å². The Morgan fingerprint density at radius 2 is 1.82 bits per heavy atom. The van der Waals surface area contributed by atoms with Gasteiger partial charge in [-0.25, -0.2) is 9.59 Å². The molecule has 0 amide bonds. The summed E-state index contributed by atoms with van der Waals surface area (Å²) in [5.74, 6) is -1.39. The summed E-state index contributed by atoms with van der Waals surface area (Å²) < 4.78 is 20.9. The number of hydrogen-bond donors (Lipinski definition) is 0. The number of rotatable bonds is 11. The maximum absolute atomic E-state index is 13.1. The van der Waals surface area contributed by atoms with Gasteiger partial charge in [0.15, 0.2) is 5.78 Å². The molecule has 12 heteroatoms. The van der Waals surface area contributed by atoms with Gasteiger partial charge in [0.25, 0.3) is 5.69 Å². The number of ether oxygens (including phenoxy) is 3. The van der Waals surface area contributed by atoms with Crippen LogP contribution in [0.1, 0.15) is 50.1 Å². The first kappa shape index (κ1) is 28.8. The van der Waals surface area contributed by atoms with Gasteiger partial charge >= 0.3 is 11.9 Å². The van der Waals surface area contributed by atoms with Crippen molar-refractivity contribution in [1.29, 1.82) is 5.26 Å². The van der Waals surface area contributed by atoms with Crippen LogP contribution in [-0.2, 0) is 20.7 Å². The Bertz CT molecular complexity index is 1510. The van der Waals surface area contributed by atoms with Gasteiger partial charge < -0.3 is 18.6 Å². The first-order chi connectivity index (χ1) is 18.6. The van der Waals surface area contributed by atoms with Gasteiger partial charge in [-0.15, -0.1) is 11.3 Å². The van der Waals surface area contributed by atoms with Crippen LogP contribution in [0.25, 0.3) is 17.4 Å². The highest BCUT2D eigenvalue weighted by Gasteiger charge is 2.28. The van der Waals surface area contributed by atoms with Crippen molar-refractivity contribution >= 4 is 40.8 Å². The summed E-state index contributed by atoms with van der Waals surface area (Å²) >= 11 is 0.929. The smallest absolute Gasteiger partial charge is 0.348 e. The number of carbonyl (C=O) groups is 3. The molecule has 39 heavy (non-hydrogen) atoms. The van der Waals surface area contributed by atoms with Crippen LogP contribution < -0.4 is 4.74 Å². The van der Waals surface area contributed by atoms with E-state index in [0.717, 1.165) is 11.3 Å². The zero-order valence-electron chi connectivity index (χ0n) is 21.6. The molecular weight excluding hydrogens is 528 g/mol. The molecule has 0 spiro atoms. The minimum absolute atomic E-state index is 0.0858. The SMILES string of the molecule is CCOC(=O)c1sc(CC(=O)C(C#N)=Cc2ccc(-c3ccc(OC)cc3[N+](=O)[O-])o2)c(C(=O)OCC)c1C. The number of methoxy groups -OCH3 is 1. The molecule has 1 aromatic carbocycles. The van der Waals surface area contributed by atoms with E-state index in [4.69, 9.17) is 18.6 Å². The molecule has 0 unspecified atom stereocenters. The minimum atomic E-state index is -0.691. The maximum Gasteiger partial charge on any atom is 0.348 e. The molecule has 0 fully saturated rings. The van der Waals surface area contributed by atoms with Gasteiger partial charge in [0.2, 0.25) is 0 Å². The minimum Gasteiger partial charge on any atom is -0.497 e. The third-order valence-corrected chi connectivity index (χ3v) is 6.75. The summed E-state index contributed by atoms with van der Waals surface area (Å²) in [7, 11) is 1.39. The van der Waals surface area contributed by atoms with Crippen molar-refractivity contribution in [3.05, 3.63) is 72.7 Å². The third-order valence-electron chi connectivity index (χ3n) is 5.48. The first-order valence-electron chi connectivity index (χ1n) is 11.7. The van der Waals surface area contributed by atoms with Gasteiger partial charge in [-0.1, -0.05) is 0 Å². The van der Waals surface area contributed by atoms with E-state index in [1.165, 1.54) is 37.5 Å². The number of thiophene rings is 1.